The number of carboxylic acids is 1. The van der Waals surface area contributed by atoms with Gasteiger partial charge in [-0.3, -0.25) is 9.48 Å². The molecule has 1 aromatic heterocycles. The van der Waals surface area contributed by atoms with E-state index in [4.69, 9.17) is 21.4 Å². The number of benzene rings is 1. The van der Waals surface area contributed by atoms with Crippen LogP contribution in [0, 0.1) is 0 Å². The number of amides is 1. The molecule has 122 valence electrons. The normalized spacial score (nSPS) is 11.9. The molecule has 1 unspecified atom stereocenters. The molecular weight excluding hydrogens is 322 g/mol. The van der Waals surface area contributed by atoms with Gasteiger partial charge in [-0.1, -0.05) is 29.8 Å². The van der Waals surface area contributed by atoms with Crippen molar-refractivity contribution in [1.82, 2.24) is 15.1 Å². The molecule has 0 aliphatic heterocycles. The number of aromatic nitrogens is 2. The molecule has 2 rings (SSSR count). The summed E-state index contributed by atoms with van der Waals surface area (Å²) in [5, 5.41) is 16.1. The van der Waals surface area contributed by atoms with Crippen molar-refractivity contribution in [3.05, 3.63) is 52.8 Å². The molecule has 0 aliphatic rings. The lowest BCUT2D eigenvalue weighted by molar-refractivity contribution is -0.148. The molecule has 8 heteroatoms. The molecule has 0 spiro atoms. The Balaban J connectivity index is 1.97. The Morgan fingerprint density at radius 2 is 2.17 bits per heavy atom. The van der Waals surface area contributed by atoms with Crippen molar-refractivity contribution >= 4 is 23.5 Å². The lowest BCUT2D eigenvalue weighted by Gasteiger charge is -2.10. The topological polar surface area (TPSA) is 93.5 Å². The van der Waals surface area contributed by atoms with Crippen LogP contribution in [0.1, 0.15) is 15.9 Å². The molecule has 0 aliphatic carbocycles. The second-order valence-electron chi connectivity index (χ2n) is 4.79. The second kappa shape index (κ2) is 7.75. The van der Waals surface area contributed by atoms with E-state index in [0.29, 0.717) is 17.1 Å². The molecule has 1 aromatic carbocycles. The Morgan fingerprint density at radius 1 is 1.43 bits per heavy atom. The zero-order valence-electron chi connectivity index (χ0n) is 12.4. The highest BCUT2D eigenvalue weighted by atomic mass is 35.5. The number of halogens is 1. The Hall–Kier alpha value is -2.38. The molecule has 2 aromatic rings. The van der Waals surface area contributed by atoms with Crippen LogP contribution in [0.2, 0.25) is 5.02 Å². The highest BCUT2D eigenvalue weighted by molar-refractivity contribution is 6.31. The number of carbonyl (C=O) groups is 2. The van der Waals surface area contributed by atoms with Crippen LogP contribution in [0.15, 0.2) is 36.7 Å². The lowest BCUT2D eigenvalue weighted by Crippen LogP contribution is -2.37. The van der Waals surface area contributed by atoms with E-state index in [9.17, 15) is 9.59 Å². The number of hydrogen-bond acceptors (Lipinski definition) is 4. The van der Waals surface area contributed by atoms with Crippen LogP contribution in [0.3, 0.4) is 0 Å². The quantitative estimate of drug-likeness (QED) is 0.797. The summed E-state index contributed by atoms with van der Waals surface area (Å²) < 4.78 is 6.33. The van der Waals surface area contributed by atoms with Crippen molar-refractivity contribution in [2.75, 3.05) is 13.7 Å². The number of hydrogen-bond donors (Lipinski definition) is 2. The van der Waals surface area contributed by atoms with Crippen molar-refractivity contribution in [3.8, 4) is 0 Å². The van der Waals surface area contributed by atoms with Gasteiger partial charge in [-0.25, -0.2) is 4.79 Å². The van der Waals surface area contributed by atoms with Gasteiger partial charge in [0.25, 0.3) is 5.91 Å². The van der Waals surface area contributed by atoms with Gasteiger partial charge < -0.3 is 15.2 Å². The van der Waals surface area contributed by atoms with E-state index in [1.54, 1.807) is 16.9 Å². The van der Waals surface area contributed by atoms with Crippen LogP contribution in [-0.4, -0.2) is 46.5 Å². The second-order valence-corrected chi connectivity index (χ2v) is 5.20. The molecule has 0 radical (unpaired) electrons. The summed E-state index contributed by atoms with van der Waals surface area (Å²) in [6, 6.07) is 7.36. The first-order chi connectivity index (χ1) is 11.0. The number of carboxylic acid groups (broad SMARTS) is 1. The number of nitrogens with one attached hydrogen (secondary N) is 1. The SMILES string of the molecule is COC(CNC(=O)c1cnn(Cc2ccccc2Cl)c1)C(=O)O. The Kier molecular flexibility index (Phi) is 5.72. The molecule has 7 nitrogen and oxygen atoms in total. The van der Waals surface area contributed by atoms with E-state index in [1.807, 2.05) is 18.2 Å². The van der Waals surface area contributed by atoms with Gasteiger partial charge >= 0.3 is 5.97 Å². The molecule has 1 atom stereocenters. The largest absolute Gasteiger partial charge is 0.479 e. The van der Waals surface area contributed by atoms with Gasteiger partial charge in [0.2, 0.25) is 0 Å². The van der Waals surface area contributed by atoms with Gasteiger partial charge in [0, 0.05) is 18.3 Å². The summed E-state index contributed by atoms with van der Waals surface area (Å²) in [6.45, 7) is 0.309. The van der Waals surface area contributed by atoms with Crippen molar-refractivity contribution < 1.29 is 19.4 Å². The van der Waals surface area contributed by atoms with Gasteiger partial charge in [-0.05, 0) is 11.6 Å². The minimum atomic E-state index is -1.14. The number of ether oxygens (including phenoxy) is 1. The van der Waals surface area contributed by atoms with Crippen molar-refractivity contribution in [3.63, 3.8) is 0 Å². The molecule has 0 bridgehead atoms. The average Bonchev–Trinajstić information content (AvgIpc) is 2.98. The number of aliphatic carboxylic acids is 1. The van der Waals surface area contributed by atoms with Gasteiger partial charge in [-0.15, -0.1) is 0 Å². The molecule has 0 saturated carbocycles. The standard InChI is InChI=1S/C15H16ClN3O4/c1-23-13(15(21)22)7-17-14(20)11-6-18-19(9-11)8-10-4-2-3-5-12(10)16/h2-6,9,13H,7-8H2,1H3,(H,17,20)(H,21,22). The maximum atomic E-state index is 12.0. The zero-order valence-corrected chi connectivity index (χ0v) is 13.2. The highest BCUT2D eigenvalue weighted by Crippen LogP contribution is 2.16. The van der Waals surface area contributed by atoms with E-state index < -0.39 is 18.0 Å². The smallest absolute Gasteiger partial charge is 0.334 e. The van der Waals surface area contributed by atoms with Crippen LogP contribution in [-0.2, 0) is 16.1 Å². The minimum absolute atomic E-state index is 0.125. The van der Waals surface area contributed by atoms with Crippen molar-refractivity contribution in [2.45, 2.75) is 12.6 Å². The van der Waals surface area contributed by atoms with Gasteiger partial charge in [-0.2, -0.15) is 5.10 Å². The van der Waals surface area contributed by atoms with Gasteiger partial charge in [0.15, 0.2) is 6.10 Å². The Labute approximate surface area is 137 Å². The summed E-state index contributed by atoms with van der Waals surface area (Å²) in [5.41, 5.74) is 1.21. The molecule has 0 fully saturated rings. The number of methoxy groups -OCH3 is 1. The number of carbonyl (C=O) groups excluding carboxylic acids is 1. The monoisotopic (exact) mass is 337 g/mol. The van der Waals surface area contributed by atoms with E-state index in [1.165, 1.54) is 13.3 Å². The van der Waals surface area contributed by atoms with Crippen LogP contribution in [0.4, 0.5) is 0 Å². The molecule has 1 heterocycles. The third-order valence-corrected chi connectivity index (χ3v) is 3.56. The fourth-order valence-electron chi connectivity index (χ4n) is 1.93. The maximum Gasteiger partial charge on any atom is 0.334 e. The summed E-state index contributed by atoms with van der Waals surface area (Å²) in [7, 11) is 1.27. The molecule has 0 saturated heterocycles. The summed E-state index contributed by atoms with van der Waals surface area (Å²) >= 11 is 6.08. The van der Waals surface area contributed by atoms with E-state index >= 15 is 0 Å². The molecule has 1 amide bonds. The molecule has 23 heavy (non-hydrogen) atoms. The average molecular weight is 338 g/mol. The van der Waals surface area contributed by atoms with Crippen LogP contribution in [0.25, 0.3) is 0 Å². The van der Waals surface area contributed by atoms with Crippen molar-refractivity contribution in [1.29, 1.82) is 0 Å². The lowest BCUT2D eigenvalue weighted by atomic mass is 10.2. The molecular formula is C15H16ClN3O4. The highest BCUT2D eigenvalue weighted by Gasteiger charge is 2.18. The predicted molar refractivity (Wildman–Crippen MR) is 83.5 cm³/mol. The third kappa shape index (κ3) is 4.54. The first kappa shape index (κ1) is 17.0. The third-order valence-electron chi connectivity index (χ3n) is 3.19. The Morgan fingerprint density at radius 3 is 2.83 bits per heavy atom. The summed E-state index contributed by atoms with van der Waals surface area (Å²) in [4.78, 5) is 22.8. The summed E-state index contributed by atoms with van der Waals surface area (Å²) in [5.74, 6) is -1.55. The first-order valence-electron chi connectivity index (χ1n) is 6.81. The van der Waals surface area contributed by atoms with Crippen LogP contribution < -0.4 is 5.32 Å². The van der Waals surface area contributed by atoms with Crippen LogP contribution in [0.5, 0.6) is 0 Å². The van der Waals surface area contributed by atoms with E-state index in [-0.39, 0.29) is 6.54 Å². The summed E-state index contributed by atoms with van der Waals surface area (Å²) in [6.07, 6.45) is 1.90. The van der Waals surface area contributed by atoms with Crippen LogP contribution >= 0.6 is 11.6 Å². The number of rotatable bonds is 7. The first-order valence-corrected chi connectivity index (χ1v) is 7.18. The van der Waals surface area contributed by atoms with Gasteiger partial charge in [0.05, 0.1) is 24.8 Å². The molecule has 2 N–H and O–H groups in total. The van der Waals surface area contributed by atoms with E-state index in [2.05, 4.69) is 10.4 Å². The fraction of sp³-hybridized carbons (Fsp3) is 0.267. The number of nitrogens with zero attached hydrogens (tertiary/aromatic N) is 2. The maximum absolute atomic E-state index is 12.0. The van der Waals surface area contributed by atoms with Gasteiger partial charge in [0.1, 0.15) is 0 Å². The fourth-order valence-corrected chi connectivity index (χ4v) is 2.12. The van der Waals surface area contributed by atoms with E-state index in [0.717, 1.165) is 5.56 Å². The Bertz CT molecular complexity index is 702. The minimum Gasteiger partial charge on any atom is -0.479 e. The predicted octanol–water partition coefficient (Wildman–Crippen LogP) is 1.41. The zero-order chi connectivity index (χ0) is 16.8. The van der Waals surface area contributed by atoms with Crippen molar-refractivity contribution in [2.24, 2.45) is 0 Å².